The van der Waals surface area contributed by atoms with Crippen molar-refractivity contribution in [3.8, 4) is 5.75 Å². The molecule has 3 N–H and O–H groups in total. The van der Waals surface area contributed by atoms with Crippen molar-refractivity contribution in [1.82, 2.24) is 20.5 Å². The standard InChI is InChI=1S/C20H28N4O6S/c1-12(2)23-31(28,29)16-11-14(5-6-15(16)30-4)17(25)22-24-18(26)20(21-19(24)27)9-7-13(3)8-10-20/h5-6,11-13,23H,7-10H2,1-4H3,(H,21,27)(H,22,25). The Morgan fingerprint density at radius 1 is 1.26 bits per heavy atom. The summed E-state index contributed by atoms with van der Waals surface area (Å²) in [4.78, 5) is 37.9. The Morgan fingerprint density at radius 3 is 2.48 bits per heavy atom. The third-order valence-electron chi connectivity index (χ3n) is 5.61. The van der Waals surface area contributed by atoms with E-state index in [1.807, 2.05) is 0 Å². The number of hydrazine groups is 1. The molecule has 1 heterocycles. The number of carbonyl (C=O) groups excluding carboxylic acids is 3. The average Bonchev–Trinajstić information content (AvgIpc) is 2.93. The monoisotopic (exact) mass is 452 g/mol. The minimum Gasteiger partial charge on any atom is -0.495 e. The number of methoxy groups -OCH3 is 1. The summed E-state index contributed by atoms with van der Waals surface area (Å²) in [5.74, 6) is -0.748. The largest absolute Gasteiger partial charge is 0.495 e. The molecule has 0 radical (unpaired) electrons. The topological polar surface area (TPSA) is 134 Å². The van der Waals surface area contributed by atoms with Crippen LogP contribution in [0.3, 0.4) is 0 Å². The fraction of sp³-hybridized carbons (Fsp3) is 0.550. The van der Waals surface area contributed by atoms with Crippen LogP contribution in [0.25, 0.3) is 0 Å². The van der Waals surface area contributed by atoms with Gasteiger partial charge in [-0.05, 0) is 63.6 Å². The lowest BCUT2D eigenvalue weighted by molar-refractivity contribution is -0.134. The maximum atomic E-state index is 12.9. The lowest BCUT2D eigenvalue weighted by Gasteiger charge is -2.33. The number of nitrogens with zero attached hydrogens (tertiary/aromatic N) is 1. The Hall–Kier alpha value is -2.66. The summed E-state index contributed by atoms with van der Waals surface area (Å²) in [7, 11) is -2.63. The third-order valence-corrected chi connectivity index (χ3v) is 7.29. The molecule has 31 heavy (non-hydrogen) atoms. The number of sulfonamides is 1. The highest BCUT2D eigenvalue weighted by molar-refractivity contribution is 7.89. The first-order chi connectivity index (χ1) is 14.5. The van der Waals surface area contributed by atoms with Crippen LogP contribution in [0, 0.1) is 5.92 Å². The van der Waals surface area contributed by atoms with Gasteiger partial charge in [-0.3, -0.25) is 15.0 Å². The van der Waals surface area contributed by atoms with Crippen LogP contribution in [-0.2, 0) is 14.8 Å². The minimum atomic E-state index is -3.95. The molecule has 1 saturated heterocycles. The van der Waals surface area contributed by atoms with Gasteiger partial charge in [0, 0.05) is 11.6 Å². The average molecular weight is 453 g/mol. The van der Waals surface area contributed by atoms with Crippen LogP contribution in [-0.4, -0.2) is 50.0 Å². The molecule has 11 heteroatoms. The van der Waals surface area contributed by atoms with E-state index in [-0.39, 0.29) is 22.3 Å². The van der Waals surface area contributed by atoms with Gasteiger partial charge in [-0.2, -0.15) is 5.01 Å². The quantitative estimate of drug-likeness (QED) is 0.561. The Morgan fingerprint density at radius 2 is 1.90 bits per heavy atom. The molecule has 0 bridgehead atoms. The number of carbonyl (C=O) groups is 3. The molecule has 1 aromatic rings. The smallest absolute Gasteiger partial charge is 0.344 e. The molecule has 1 saturated carbocycles. The molecular weight excluding hydrogens is 424 g/mol. The summed E-state index contributed by atoms with van der Waals surface area (Å²) in [5, 5.41) is 3.40. The summed E-state index contributed by atoms with van der Waals surface area (Å²) in [6.07, 6.45) is 2.63. The molecule has 10 nitrogen and oxygen atoms in total. The van der Waals surface area contributed by atoms with Gasteiger partial charge in [-0.1, -0.05) is 6.92 Å². The number of nitrogens with one attached hydrogen (secondary N) is 3. The highest BCUT2D eigenvalue weighted by Gasteiger charge is 2.53. The van der Waals surface area contributed by atoms with Crippen LogP contribution in [0.5, 0.6) is 5.75 Å². The number of benzene rings is 1. The van der Waals surface area contributed by atoms with E-state index in [2.05, 4.69) is 22.4 Å². The number of ether oxygens (including phenoxy) is 1. The van der Waals surface area contributed by atoms with Crippen LogP contribution >= 0.6 is 0 Å². The van der Waals surface area contributed by atoms with E-state index in [0.29, 0.717) is 23.8 Å². The van der Waals surface area contributed by atoms with Crippen LogP contribution in [0.2, 0.25) is 0 Å². The van der Waals surface area contributed by atoms with Gasteiger partial charge in [0.1, 0.15) is 16.2 Å². The zero-order valence-electron chi connectivity index (χ0n) is 18.0. The first-order valence-electron chi connectivity index (χ1n) is 10.2. The highest BCUT2D eigenvalue weighted by Crippen LogP contribution is 2.36. The van der Waals surface area contributed by atoms with Gasteiger partial charge < -0.3 is 10.1 Å². The maximum absolute atomic E-state index is 12.9. The van der Waals surface area contributed by atoms with E-state index >= 15 is 0 Å². The Kier molecular flexibility index (Phi) is 6.28. The summed E-state index contributed by atoms with van der Waals surface area (Å²) in [5.41, 5.74) is 1.28. The second-order valence-corrected chi connectivity index (χ2v) is 10.1. The molecule has 4 amide bonds. The number of rotatable bonds is 6. The summed E-state index contributed by atoms with van der Waals surface area (Å²) >= 11 is 0. The zero-order chi connectivity index (χ0) is 23.0. The Labute approximate surface area is 181 Å². The predicted molar refractivity (Wildman–Crippen MR) is 112 cm³/mol. The van der Waals surface area contributed by atoms with Gasteiger partial charge in [0.2, 0.25) is 10.0 Å². The summed E-state index contributed by atoms with van der Waals surface area (Å²) in [6, 6.07) is 2.79. The van der Waals surface area contributed by atoms with E-state index in [1.54, 1.807) is 13.8 Å². The molecular formula is C20H28N4O6S. The van der Waals surface area contributed by atoms with Crippen LogP contribution in [0.15, 0.2) is 23.1 Å². The SMILES string of the molecule is COc1ccc(C(=O)NN2C(=O)NC3(CCC(C)CC3)C2=O)cc1S(=O)(=O)NC(C)C. The van der Waals surface area contributed by atoms with Crippen molar-refractivity contribution in [3.05, 3.63) is 23.8 Å². The first-order valence-corrected chi connectivity index (χ1v) is 11.7. The minimum absolute atomic E-state index is 0.0382. The van der Waals surface area contributed by atoms with Gasteiger partial charge in [0.15, 0.2) is 0 Å². The number of imide groups is 1. The van der Waals surface area contributed by atoms with E-state index in [9.17, 15) is 22.8 Å². The molecule has 1 aliphatic carbocycles. The van der Waals surface area contributed by atoms with Crippen LogP contribution in [0.4, 0.5) is 4.79 Å². The van der Waals surface area contributed by atoms with Crippen molar-refractivity contribution in [3.63, 3.8) is 0 Å². The number of urea groups is 1. The van der Waals surface area contributed by atoms with Gasteiger partial charge in [-0.25, -0.2) is 17.9 Å². The number of amides is 4. The first kappa shape index (κ1) is 23.0. The fourth-order valence-corrected chi connectivity index (χ4v) is 5.33. The molecule has 0 unspecified atom stereocenters. The van der Waals surface area contributed by atoms with Crippen molar-refractivity contribution in [2.75, 3.05) is 7.11 Å². The second kappa shape index (κ2) is 8.46. The van der Waals surface area contributed by atoms with Crippen molar-refractivity contribution in [2.24, 2.45) is 5.92 Å². The lowest BCUT2D eigenvalue weighted by atomic mass is 9.77. The maximum Gasteiger partial charge on any atom is 0.344 e. The normalized spacial score (nSPS) is 23.9. The molecule has 3 rings (SSSR count). The van der Waals surface area contributed by atoms with E-state index < -0.39 is 33.4 Å². The molecule has 2 aliphatic rings. The van der Waals surface area contributed by atoms with E-state index in [1.165, 1.54) is 19.2 Å². The van der Waals surface area contributed by atoms with E-state index in [0.717, 1.165) is 18.9 Å². The van der Waals surface area contributed by atoms with Crippen molar-refractivity contribution < 1.29 is 27.5 Å². The van der Waals surface area contributed by atoms with Gasteiger partial charge >= 0.3 is 6.03 Å². The molecule has 2 fully saturated rings. The van der Waals surface area contributed by atoms with Gasteiger partial charge in [-0.15, -0.1) is 0 Å². The van der Waals surface area contributed by atoms with Crippen molar-refractivity contribution >= 4 is 27.9 Å². The highest BCUT2D eigenvalue weighted by atomic mass is 32.2. The summed E-state index contributed by atoms with van der Waals surface area (Å²) in [6.45, 7) is 5.43. The fourth-order valence-electron chi connectivity index (χ4n) is 3.88. The van der Waals surface area contributed by atoms with Gasteiger partial charge in [0.25, 0.3) is 11.8 Å². The molecule has 0 aromatic heterocycles. The Balaban J connectivity index is 1.83. The molecule has 170 valence electrons. The summed E-state index contributed by atoms with van der Waals surface area (Å²) < 4.78 is 32.8. The van der Waals surface area contributed by atoms with Crippen LogP contribution < -0.4 is 20.2 Å². The molecule has 1 spiro atoms. The van der Waals surface area contributed by atoms with Gasteiger partial charge in [0.05, 0.1) is 7.11 Å². The molecule has 0 atom stereocenters. The second-order valence-electron chi connectivity index (χ2n) is 8.42. The Bertz CT molecular complexity index is 999. The van der Waals surface area contributed by atoms with Crippen molar-refractivity contribution in [2.45, 2.75) is 62.9 Å². The zero-order valence-corrected chi connectivity index (χ0v) is 18.8. The molecule has 1 aromatic carbocycles. The third kappa shape index (κ3) is 4.52. The number of hydrogen-bond acceptors (Lipinski definition) is 6. The lowest BCUT2D eigenvalue weighted by Crippen LogP contribution is -2.51. The predicted octanol–water partition coefficient (Wildman–Crippen LogP) is 1.53. The van der Waals surface area contributed by atoms with E-state index in [4.69, 9.17) is 4.74 Å². The van der Waals surface area contributed by atoms with Crippen molar-refractivity contribution in [1.29, 1.82) is 0 Å². The number of hydrogen-bond donors (Lipinski definition) is 3. The van der Waals surface area contributed by atoms with Crippen LogP contribution in [0.1, 0.15) is 56.8 Å². The molecule has 1 aliphatic heterocycles.